The minimum Gasteiger partial charge on any atom is -0.382 e. The molecule has 2 aromatic rings. The molecule has 2 unspecified atom stereocenters. The molecule has 2 heterocycles. The Hall–Kier alpha value is -1.63. The fraction of sp³-hybridized carbons (Fsp3) is 0.444. The number of thioether (sulfide) groups is 1. The van der Waals surface area contributed by atoms with Gasteiger partial charge >= 0.3 is 0 Å². The average Bonchev–Trinajstić information content (AvgIpc) is 2.61. The number of hydrogen-bond donors (Lipinski definition) is 0. The van der Waals surface area contributed by atoms with Gasteiger partial charge in [-0.1, -0.05) is 30.3 Å². The van der Waals surface area contributed by atoms with E-state index in [9.17, 15) is 0 Å². The molecule has 0 saturated carbocycles. The molecule has 5 nitrogen and oxygen atoms in total. The molecule has 24 heavy (non-hydrogen) atoms. The summed E-state index contributed by atoms with van der Waals surface area (Å²) in [5.74, 6) is 1.80. The van der Waals surface area contributed by atoms with Crippen LogP contribution in [0.5, 0.6) is 0 Å². The molecule has 1 aromatic heterocycles. The summed E-state index contributed by atoms with van der Waals surface area (Å²) in [4.78, 5) is 11.4. The van der Waals surface area contributed by atoms with E-state index in [1.54, 1.807) is 18.9 Å². The van der Waals surface area contributed by atoms with E-state index in [2.05, 4.69) is 41.1 Å². The maximum Gasteiger partial charge on any atom is 0.148 e. The molecule has 2 atom stereocenters. The van der Waals surface area contributed by atoms with Gasteiger partial charge in [-0.25, -0.2) is 4.98 Å². The van der Waals surface area contributed by atoms with Gasteiger partial charge in [0.1, 0.15) is 10.8 Å². The summed E-state index contributed by atoms with van der Waals surface area (Å²) in [6, 6.07) is 10.4. The molecule has 0 bridgehead atoms. The first-order valence-corrected chi connectivity index (χ1v) is 9.11. The second-order valence-corrected chi connectivity index (χ2v) is 6.91. The van der Waals surface area contributed by atoms with Crippen molar-refractivity contribution in [3.63, 3.8) is 0 Å². The van der Waals surface area contributed by atoms with Crippen molar-refractivity contribution in [2.24, 2.45) is 0 Å². The monoisotopic (exact) mass is 345 g/mol. The Labute approximate surface area is 147 Å². The van der Waals surface area contributed by atoms with Crippen LogP contribution in [0.3, 0.4) is 0 Å². The molecule has 6 heteroatoms. The van der Waals surface area contributed by atoms with Gasteiger partial charge in [0.2, 0.25) is 0 Å². The number of hydrogen-bond acceptors (Lipinski definition) is 6. The van der Waals surface area contributed by atoms with E-state index < -0.39 is 0 Å². The molecule has 1 aliphatic rings. The van der Waals surface area contributed by atoms with Crippen LogP contribution in [0, 0.1) is 0 Å². The van der Waals surface area contributed by atoms with E-state index in [1.807, 2.05) is 18.5 Å². The van der Waals surface area contributed by atoms with Crippen molar-refractivity contribution in [1.29, 1.82) is 0 Å². The molecule has 1 aromatic carbocycles. The summed E-state index contributed by atoms with van der Waals surface area (Å²) < 4.78 is 11.1. The van der Waals surface area contributed by atoms with Gasteiger partial charge < -0.3 is 14.4 Å². The molecule has 1 fully saturated rings. The zero-order chi connectivity index (χ0) is 16.8. The number of anilines is 1. The largest absolute Gasteiger partial charge is 0.382 e. The van der Waals surface area contributed by atoms with Crippen molar-refractivity contribution in [2.75, 3.05) is 31.7 Å². The predicted octanol–water partition coefficient (Wildman–Crippen LogP) is 3.01. The molecule has 1 aliphatic heterocycles. The lowest BCUT2D eigenvalue weighted by molar-refractivity contribution is -0.0513. The molecule has 3 rings (SSSR count). The van der Waals surface area contributed by atoms with E-state index in [4.69, 9.17) is 14.5 Å². The van der Waals surface area contributed by atoms with Crippen LogP contribution < -0.4 is 4.90 Å². The predicted molar refractivity (Wildman–Crippen MR) is 96.5 cm³/mol. The zero-order valence-electron chi connectivity index (χ0n) is 14.1. The Bertz CT molecular complexity index is 641. The summed E-state index contributed by atoms with van der Waals surface area (Å²) in [5.41, 5.74) is 1.29. The highest BCUT2D eigenvalue weighted by molar-refractivity contribution is 7.98. The van der Waals surface area contributed by atoms with E-state index >= 15 is 0 Å². The SMILES string of the molecule is COCC1CN(c2cncc(SCc3ccccc3)n2)CC(C)O1. The first kappa shape index (κ1) is 17.2. The number of rotatable bonds is 6. The van der Waals surface area contributed by atoms with Crippen LogP contribution >= 0.6 is 11.8 Å². The van der Waals surface area contributed by atoms with Gasteiger partial charge in [0.15, 0.2) is 0 Å². The second-order valence-electron chi connectivity index (χ2n) is 5.92. The molecule has 0 N–H and O–H groups in total. The van der Waals surface area contributed by atoms with Gasteiger partial charge in [-0.3, -0.25) is 4.98 Å². The van der Waals surface area contributed by atoms with Gasteiger partial charge in [-0.15, -0.1) is 11.8 Å². The number of aromatic nitrogens is 2. The number of benzene rings is 1. The maximum atomic E-state index is 5.89. The second kappa shape index (κ2) is 8.46. The molecule has 0 spiro atoms. The van der Waals surface area contributed by atoms with Crippen LogP contribution in [0.4, 0.5) is 5.82 Å². The Kier molecular flexibility index (Phi) is 6.07. The van der Waals surface area contributed by atoms with Gasteiger partial charge in [-0.2, -0.15) is 0 Å². The number of morpholine rings is 1. The van der Waals surface area contributed by atoms with Crippen LogP contribution in [0.25, 0.3) is 0 Å². The topological polar surface area (TPSA) is 47.5 Å². The third-order valence-electron chi connectivity index (χ3n) is 3.83. The fourth-order valence-electron chi connectivity index (χ4n) is 2.80. The van der Waals surface area contributed by atoms with Crippen molar-refractivity contribution >= 4 is 17.6 Å². The van der Waals surface area contributed by atoms with Crippen molar-refractivity contribution < 1.29 is 9.47 Å². The quantitative estimate of drug-likeness (QED) is 0.750. The highest BCUT2D eigenvalue weighted by atomic mass is 32.2. The molecule has 1 saturated heterocycles. The Morgan fingerprint density at radius 3 is 2.88 bits per heavy atom. The lowest BCUT2D eigenvalue weighted by Gasteiger charge is -2.37. The smallest absolute Gasteiger partial charge is 0.148 e. The van der Waals surface area contributed by atoms with Crippen LogP contribution in [0.15, 0.2) is 47.8 Å². The first-order chi connectivity index (χ1) is 11.7. The summed E-state index contributed by atoms with van der Waals surface area (Å²) in [6.07, 6.45) is 3.88. The van der Waals surface area contributed by atoms with Gasteiger partial charge in [-0.05, 0) is 12.5 Å². The number of ether oxygens (including phenoxy) is 2. The third-order valence-corrected chi connectivity index (χ3v) is 4.80. The molecule has 128 valence electrons. The van der Waals surface area contributed by atoms with Crippen molar-refractivity contribution in [3.8, 4) is 0 Å². The highest BCUT2D eigenvalue weighted by Gasteiger charge is 2.26. The minimum atomic E-state index is 0.0705. The summed E-state index contributed by atoms with van der Waals surface area (Å²) in [7, 11) is 1.70. The van der Waals surface area contributed by atoms with Crippen molar-refractivity contribution in [3.05, 3.63) is 48.3 Å². The highest BCUT2D eigenvalue weighted by Crippen LogP contribution is 2.24. The van der Waals surface area contributed by atoms with Gasteiger partial charge in [0, 0.05) is 26.0 Å². The number of methoxy groups -OCH3 is 1. The van der Waals surface area contributed by atoms with E-state index in [0.29, 0.717) is 6.61 Å². The first-order valence-electron chi connectivity index (χ1n) is 8.12. The summed E-state index contributed by atoms with van der Waals surface area (Å²) in [5, 5.41) is 0.943. The maximum absolute atomic E-state index is 5.89. The lowest BCUT2D eigenvalue weighted by Crippen LogP contribution is -2.48. The van der Waals surface area contributed by atoms with E-state index in [1.165, 1.54) is 5.56 Å². The summed E-state index contributed by atoms with van der Waals surface area (Å²) >= 11 is 1.71. The van der Waals surface area contributed by atoms with Crippen LogP contribution in [0.2, 0.25) is 0 Å². The molecular weight excluding hydrogens is 322 g/mol. The standard InChI is InChI=1S/C18H23N3O2S/c1-14-10-21(11-16(23-14)12-22-2)17-8-19-9-18(20-17)24-13-15-6-4-3-5-7-15/h3-9,14,16H,10-13H2,1-2H3. The summed E-state index contributed by atoms with van der Waals surface area (Å²) in [6.45, 7) is 4.27. The number of nitrogens with zero attached hydrogens (tertiary/aromatic N) is 3. The molecular formula is C18H23N3O2S. The van der Waals surface area contributed by atoms with Crippen LogP contribution in [0.1, 0.15) is 12.5 Å². The molecule has 0 amide bonds. The normalized spacial score (nSPS) is 21.0. The van der Waals surface area contributed by atoms with Crippen LogP contribution in [-0.2, 0) is 15.2 Å². The Morgan fingerprint density at radius 2 is 2.08 bits per heavy atom. The van der Waals surface area contributed by atoms with Gasteiger partial charge in [0.05, 0.1) is 31.2 Å². The Balaban J connectivity index is 1.65. The lowest BCUT2D eigenvalue weighted by atomic mass is 10.2. The van der Waals surface area contributed by atoms with Crippen LogP contribution in [-0.4, -0.2) is 49.0 Å². The third kappa shape index (κ3) is 4.69. The molecule has 0 aliphatic carbocycles. The van der Waals surface area contributed by atoms with Crippen molar-refractivity contribution in [2.45, 2.75) is 29.9 Å². The van der Waals surface area contributed by atoms with E-state index in [0.717, 1.165) is 29.7 Å². The fourth-order valence-corrected chi connectivity index (χ4v) is 3.60. The molecule has 0 radical (unpaired) electrons. The van der Waals surface area contributed by atoms with E-state index in [-0.39, 0.29) is 12.2 Å². The average molecular weight is 345 g/mol. The zero-order valence-corrected chi connectivity index (χ0v) is 14.9. The van der Waals surface area contributed by atoms with Gasteiger partial charge in [0.25, 0.3) is 0 Å². The minimum absolute atomic E-state index is 0.0705. The van der Waals surface area contributed by atoms with Crippen molar-refractivity contribution in [1.82, 2.24) is 9.97 Å². The Morgan fingerprint density at radius 1 is 1.25 bits per heavy atom.